The number of hydrogen-bond acceptors (Lipinski definition) is 4. The Bertz CT molecular complexity index is 622. The van der Waals surface area contributed by atoms with Crippen molar-refractivity contribution in [2.24, 2.45) is 0 Å². The summed E-state index contributed by atoms with van der Waals surface area (Å²) in [5, 5.41) is 11.3. The Balaban J connectivity index is 2.25. The fraction of sp³-hybridized carbons (Fsp3) is 0. The van der Waals surface area contributed by atoms with Crippen molar-refractivity contribution < 1.29 is 9.18 Å². The van der Waals surface area contributed by atoms with Gasteiger partial charge in [0.15, 0.2) is 0 Å². The highest BCUT2D eigenvalue weighted by atomic mass is 19.1. The molecule has 0 bridgehead atoms. The largest absolute Gasteiger partial charge is 0.321 e. The number of anilines is 1. The topological polar surface area (TPSA) is 78.7 Å². The average molecular weight is 242 g/mol. The average Bonchev–Trinajstić information content (AvgIpc) is 2.41. The molecule has 5 nitrogen and oxygen atoms in total. The van der Waals surface area contributed by atoms with E-state index in [0.29, 0.717) is 0 Å². The molecule has 0 aliphatic heterocycles. The van der Waals surface area contributed by atoms with Gasteiger partial charge in [-0.25, -0.2) is 14.4 Å². The molecule has 1 N–H and O–H groups in total. The lowest BCUT2D eigenvalue weighted by atomic mass is 10.2. The summed E-state index contributed by atoms with van der Waals surface area (Å²) in [6.07, 6.45) is 3.99. The van der Waals surface area contributed by atoms with Gasteiger partial charge < -0.3 is 5.32 Å². The summed E-state index contributed by atoms with van der Waals surface area (Å²) in [5.74, 6) is -0.994. The van der Waals surface area contributed by atoms with E-state index in [1.165, 1.54) is 24.8 Å². The van der Waals surface area contributed by atoms with E-state index in [1.807, 2.05) is 6.07 Å². The van der Waals surface area contributed by atoms with Crippen LogP contribution in [-0.4, -0.2) is 15.9 Å². The normalized spacial score (nSPS) is 9.56. The Morgan fingerprint density at radius 2 is 2.06 bits per heavy atom. The molecular weight excluding hydrogens is 235 g/mol. The third-order valence-electron chi connectivity index (χ3n) is 2.17. The SMILES string of the molecule is N#Cc1cc(F)ccc1NC(=O)c1cncnc1. The maximum Gasteiger partial charge on any atom is 0.258 e. The molecule has 1 aromatic carbocycles. The summed E-state index contributed by atoms with van der Waals surface area (Å²) in [6.45, 7) is 0. The molecule has 0 atom stereocenters. The predicted octanol–water partition coefficient (Wildman–Crippen LogP) is 1.74. The monoisotopic (exact) mass is 242 g/mol. The first-order valence-corrected chi connectivity index (χ1v) is 4.96. The van der Waals surface area contributed by atoms with Gasteiger partial charge in [-0.2, -0.15) is 5.26 Å². The van der Waals surface area contributed by atoms with Crippen LogP contribution in [-0.2, 0) is 0 Å². The minimum atomic E-state index is -0.535. The van der Waals surface area contributed by atoms with Crippen LogP contribution in [0.2, 0.25) is 0 Å². The highest BCUT2D eigenvalue weighted by Crippen LogP contribution is 2.16. The maximum absolute atomic E-state index is 12.9. The first-order valence-electron chi connectivity index (χ1n) is 4.96. The van der Waals surface area contributed by atoms with E-state index in [4.69, 9.17) is 5.26 Å². The van der Waals surface area contributed by atoms with Crippen molar-refractivity contribution in [3.8, 4) is 6.07 Å². The molecule has 1 heterocycles. The van der Waals surface area contributed by atoms with Gasteiger partial charge in [0, 0.05) is 12.4 Å². The summed E-state index contributed by atoms with van der Waals surface area (Å²) in [7, 11) is 0. The van der Waals surface area contributed by atoms with Crippen LogP contribution < -0.4 is 5.32 Å². The number of hydrogen-bond donors (Lipinski definition) is 1. The van der Waals surface area contributed by atoms with Gasteiger partial charge in [0.25, 0.3) is 5.91 Å². The third-order valence-corrected chi connectivity index (χ3v) is 2.17. The van der Waals surface area contributed by atoms with E-state index in [0.717, 1.165) is 12.1 Å². The molecule has 2 aromatic rings. The second-order valence-corrected chi connectivity index (χ2v) is 3.38. The number of carbonyl (C=O) groups is 1. The zero-order valence-corrected chi connectivity index (χ0v) is 9.09. The third kappa shape index (κ3) is 2.47. The number of benzene rings is 1. The molecule has 0 aliphatic rings. The van der Waals surface area contributed by atoms with E-state index in [2.05, 4.69) is 15.3 Å². The minimum Gasteiger partial charge on any atom is -0.321 e. The van der Waals surface area contributed by atoms with Crippen LogP contribution in [0.3, 0.4) is 0 Å². The molecule has 0 saturated carbocycles. The Morgan fingerprint density at radius 1 is 1.33 bits per heavy atom. The highest BCUT2D eigenvalue weighted by molar-refractivity contribution is 6.04. The predicted molar refractivity (Wildman–Crippen MR) is 61.1 cm³/mol. The minimum absolute atomic E-state index is 0.0557. The number of carbonyl (C=O) groups excluding carboxylic acids is 1. The molecule has 0 aliphatic carbocycles. The summed E-state index contributed by atoms with van der Waals surface area (Å²) < 4.78 is 12.9. The fourth-order valence-corrected chi connectivity index (χ4v) is 1.33. The van der Waals surface area contributed by atoms with E-state index < -0.39 is 11.7 Å². The zero-order valence-electron chi connectivity index (χ0n) is 9.09. The number of nitrogens with one attached hydrogen (secondary N) is 1. The molecule has 0 fully saturated rings. The van der Waals surface area contributed by atoms with E-state index in [-0.39, 0.29) is 16.8 Å². The van der Waals surface area contributed by atoms with Crippen LogP contribution in [0.15, 0.2) is 36.9 Å². The Labute approximate surface area is 102 Å². The summed E-state index contributed by atoms with van der Waals surface area (Å²) in [6, 6.07) is 5.35. The molecule has 88 valence electrons. The number of nitrogens with zero attached hydrogens (tertiary/aromatic N) is 3. The van der Waals surface area contributed by atoms with Crippen molar-refractivity contribution in [1.29, 1.82) is 5.26 Å². The van der Waals surface area contributed by atoms with Crippen LogP contribution in [0.5, 0.6) is 0 Å². The van der Waals surface area contributed by atoms with Crippen molar-refractivity contribution >= 4 is 11.6 Å². The van der Waals surface area contributed by atoms with Gasteiger partial charge in [-0.05, 0) is 18.2 Å². The molecule has 1 amide bonds. The first-order chi connectivity index (χ1) is 8.70. The van der Waals surface area contributed by atoms with Crippen molar-refractivity contribution in [1.82, 2.24) is 9.97 Å². The lowest BCUT2D eigenvalue weighted by Gasteiger charge is -2.06. The smallest absolute Gasteiger partial charge is 0.258 e. The summed E-state index contributed by atoms with van der Waals surface area (Å²) in [5.41, 5.74) is 0.554. The molecular formula is C12H7FN4O. The van der Waals surface area contributed by atoms with Gasteiger partial charge in [0.1, 0.15) is 18.2 Å². The van der Waals surface area contributed by atoms with Crippen LogP contribution in [0.1, 0.15) is 15.9 Å². The molecule has 0 spiro atoms. The number of aromatic nitrogens is 2. The molecule has 2 rings (SSSR count). The number of amides is 1. The number of halogens is 1. The summed E-state index contributed by atoms with van der Waals surface area (Å²) >= 11 is 0. The molecule has 0 unspecified atom stereocenters. The molecule has 6 heteroatoms. The molecule has 1 aromatic heterocycles. The van der Waals surface area contributed by atoms with Gasteiger partial charge in [0.05, 0.1) is 16.8 Å². The fourth-order valence-electron chi connectivity index (χ4n) is 1.33. The summed E-state index contributed by atoms with van der Waals surface area (Å²) in [4.78, 5) is 19.2. The number of nitriles is 1. The molecule has 18 heavy (non-hydrogen) atoms. The van der Waals surface area contributed by atoms with E-state index in [1.54, 1.807) is 0 Å². The van der Waals surface area contributed by atoms with Gasteiger partial charge in [-0.3, -0.25) is 4.79 Å². The number of rotatable bonds is 2. The van der Waals surface area contributed by atoms with Gasteiger partial charge in [0.2, 0.25) is 0 Å². The highest BCUT2D eigenvalue weighted by Gasteiger charge is 2.10. The van der Waals surface area contributed by atoms with Crippen LogP contribution in [0, 0.1) is 17.1 Å². The lowest BCUT2D eigenvalue weighted by molar-refractivity contribution is 0.102. The Hall–Kier alpha value is -2.81. The van der Waals surface area contributed by atoms with Crippen LogP contribution >= 0.6 is 0 Å². The Kier molecular flexibility index (Phi) is 3.25. The lowest BCUT2D eigenvalue weighted by Crippen LogP contribution is -2.13. The van der Waals surface area contributed by atoms with Crippen molar-refractivity contribution in [3.63, 3.8) is 0 Å². The van der Waals surface area contributed by atoms with E-state index in [9.17, 15) is 9.18 Å². The van der Waals surface area contributed by atoms with Gasteiger partial charge in [-0.15, -0.1) is 0 Å². The maximum atomic E-state index is 12.9. The van der Waals surface area contributed by atoms with Gasteiger partial charge in [-0.1, -0.05) is 0 Å². The molecule has 0 radical (unpaired) electrons. The van der Waals surface area contributed by atoms with Gasteiger partial charge >= 0.3 is 0 Å². The Morgan fingerprint density at radius 3 is 2.72 bits per heavy atom. The van der Waals surface area contributed by atoms with Crippen molar-refractivity contribution in [2.45, 2.75) is 0 Å². The zero-order chi connectivity index (χ0) is 13.0. The van der Waals surface area contributed by atoms with E-state index >= 15 is 0 Å². The quantitative estimate of drug-likeness (QED) is 0.869. The van der Waals surface area contributed by atoms with Crippen LogP contribution in [0.4, 0.5) is 10.1 Å². The standard InChI is InChI=1S/C12H7FN4O/c13-10-1-2-11(8(3-10)4-14)17-12(18)9-5-15-7-16-6-9/h1-3,5-7H,(H,17,18). The second kappa shape index (κ2) is 5.01. The first kappa shape index (κ1) is 11.7. The van der Waals surface area contributed by atoms with Crippen LogP contribution in [0.25, 0.3) is 0 Å². The second-order valence-electron chi connectivity index (χ2n) is 3.38. The van der Waals surface area contributed by atoms with Crippen molar-refractivity contribution in [2.75, 3.05) is 5.32 Å². The van der Waals surface area contributed by atoms with Crippen molar-refractivity contribution in [3.05, 3.63) is 53.9 Å². The molecule has 0 saturated heterocycles.